The predicted molar refractivity (Wildman–Crippen MR) is 80.6 cm³/mol. The second-order valence-electron chi connectivity index (χ2n) is 4.18. The van der Waals surface area contributed by atoms with Gasteiger partial charge in [0, 0.05) is 6.20 Å². The monoisotopic (exact) mass is 286 g/mol. The summed E-state index contributed by atoms with van der Waals surface area (Å²) in [6, 6.07) is 12.8. The Bertz CT molecular complexity index is 639. The van der Waals surface area contributed by atoms with Gasteiger partial charge in [0.05, 0.1) is 12.8 Å². The van der Waals surface area contributed by atoms with Crippen LogP contribution in [0.2, 0.25) is 0 Å². The van der Waals surface area contributed by atoms with Crippen LogP contribution in [0.1, 0.15) is 5.56 Å². The highest BCUT2D eigenvalue weighted by molar-refractivity contribution is 5.90. The summed E-state index contributed by atoms with van der Waals surface area (Å²) in [5.41, 5.74) is 1.04. The summed E-state index contributed by atoms with van der Waals surface area (Å²) in [5, 5.41) is 4.93. The first-order valence-electron chi connectivity index (χ1n) is 6.31. The fourth-order valence-corrected chi connectivity index (χ4v) is 1.65. The first-order chi connectivity index (χ1) is 10.2. The molecule has 0 saturated heterocycles. The van der Waals surface area contributed by atoms with Crippen molar-refractivity contribution in [1.82, 2.24) is 5.32 Å². The largest absolute Gasteiger partial charge is 0.497 e. The highest BCUT2D eigenvalue weighted by Gasteiger charge is 2.03. The molecule has 0 saturated carbocycles. The quantitative estimate of drug-likeness (QED) is 0.901. The van der Waals surface area contributed by atoms with Gasteiger partial charge in [-0.1, -0.05) is 24.3 Å². The first kappa shape index (κ1) is 14.6. The molecule has 21 heavy (non-hydrogen) atoms. The normalized spacial score (nSPS) is 10.4. The van der Waals surface area contributed by atoms with E-state index in [1.807, 2.05) is 24.3 Å². The molecule has 108 valence electrons. The molecular formula is C16H15FN2O2. The second-order valence-corrected chi connectivity index (χ2v) is 4.18. The van der Waals surface area contributed by atoms with E-state index in [-0.39, 0.29) is 5.69 Å². The number of anilines is 1. The standard InChI is InChI=1S/C16H15FN2O2/c1-21-13-8-6-12(7-9-13)10-11-18-16(20)19-15-5-3-2-4-14(15)17/h2-11H,1H3,(H2,18,19,20)/b11-10+. The van der Waals surface area contributed by atoms with E-state index < -0.39 is 11.8 Å². The summed E-state index contributed by atoms with van der Waals surface area (Å²) < 4.78 is 18.4. The van der Waals surface area contributed by atoms with Crippen molar-refractivity contribution >= 4 is 17.8 Å². The smallest absolute Gasteiger partial charge is 0.323 e. The van der Waals surface area contributed by atoms with Gasteiger partial charge in [0.1, 0.15) is 11.6 Å². The lowest BCUT2D eigenvalue weighted by molar-refractivity contribution is 0.255. The van der Waals surface area contributed by atoms with E-state index in [0.29, 0.717) is 0 Å². The minimum absolute atomic E-state index is 0.132. The fraction of sp³-hybridized carbons (Fsp3) is 0.0625. The lowest BCUT2D eigenvalue weighted by Gasteiger charge is -2.05. The highest BCUT2D eigenvalue weighted by atomic mass is 19.1. The molecule has 4 nitrogen and oxygen atoms in total. The Hall–Kier alpha value is -2.82. The van der Waals surface area contributed by atoms with Crippen molar-refractivity contribution in [1.29, 1.82) is 0 Å². The number of methoxy groups -OCH3 is 1. The topological polar surface area (TPSA) is 50.4 Å². The SMILES string of the molecule is COc1ccc(/C=C/NC(=O)Nc2ccccc2F)cc1. The van der Waals surface area contributed by atoms with E-state index in [0.717, 1.165) is 11.3 Å². The molecule has 0 spiro atoms. The number of carbonyl (C=O) groups is 1. The van der Waals surface area contributed by atoms with Crippen molar-refractivity contribution in [2.24, 2.45) is 0 Å². The molecule has 2 aromatic carbocycles. The highest BCUT2D eigenvalue weighted by Crippen LogP contribution is 2.13. The summed E-state index contributed by atoms with van der Waals surface area (Å²) in [7, 11) is 1.60. The molecule has 0 heterocycles. The van der Waals surface area contributed by atoms with Gasteiger partial charge in [0.2, 0.25) is 0 Å². The molecule has 0 radical (unpaired) electrons. The Morgan fingerprint density at radius 1 is 1.14 bits per heavy atom. The van der Waals surface area contributed by atoms with E-state index in [1.54, 1.807) is 25.3 Å². The fourth-order valence-electron chi connectivity index (χ4n) is 1.65. The summed E-state index contributed by atoms with van der Waals surface area (Å²) in [6.45, 7) is 0. The Kier molecular flexibility index (Phi) is 4.93. The number of rotatable bonds is 4. The number of ether oxygens (including phenoxy) is 1. The third-order valence-corrected chi connectivity index (χ3v) is 2.73. The van der Waals surface area contributed by atoms with Gasteiger partial charge >= 0.3 is 6.03 Å². The Labute approximate surface area is 122 Å². The average Bonchev–Trinajstić information content (AvgIpc) is 2.50. The summed E-state index contributed by atoms with van der Waals surface area (Å²) >= 11 is 0. The van der Waals surface area contributed by atoms with Gasteiger partial charge in [-0.05, 0) is 35.9 Å². The first-order valence-corrected chi connectivity index (χ1v) is 6.31. The molecular weight excluding hydrogens is 271 g/mol. The van der Waals surface area contributed by atoms with Crippen LogP contribution in [0.25, 0.3) is 6.08 Å². The lowest BCUT2D eigenvalue weighted by atomic mass is 10.2. The zero-order valence-corrected chi connectivity index (χ0v) is 11.5. The zero-order chi connectivity index (χ0) is 15.1. The molecule has 2 rings (SSSR count). The molecule has 0 fully saturated rings. The number of hydrogen-bond acceptors (Lipinski definition) is 2. The van der Waals surface area contributed by atoms with Crippen LogP contribution in [0.15, 0.2) is 54.7 Å². The Balaban J connectivity index is 1.88. The number of benzene rings is 2. The van der Waals surface area contributed by atoms with E-state index in [2.05, 4.69) is 10.6 Å². The second kappa shape index (κ2) is 7.09. The van der Waals surface area contributed by atoms with Crippen LogP contribution in [-0.4, -0.2) is 13.1 Å². The van der Waals surface area contributed by atoms with Crippen molar-refractivity contribution in [3.05, 3.63) is 66.1 Å². The number of nitrogens with one attached hydrogen (secondary N) is 2. The van der Waals surface area contributed by atoms with Crippen molar-refractivity contribution in [2.45, 2.75) is 0 Å². The van der Waals surface area contributed by atoms with Gasteiger partial charge in [-0.15, -0.1) is 0 Å². The summed E-state index contributed by atoms with van der Waals surface area (Å²) in [4.78, 5) is 11.6. The molecule has 2 N–H and O–H groups in total. The van der Waals surface area contributed by atoms with Gasteiger partial charge in [-0.2, -0.15) is 0 Å². The number of halogens is 1. The van der Waals surface area contributed by atoms with Gasteiger partial charge < -0.3 is 15.4 Å². The number of para-hydroxylation sites is 1. The minimum atomic E-state index is -0.509. The summed E-state index contributed by atoms with van der Waals surface area (Å²) in [6.07, 6.45) is 3.21. The average molecular weight is 286 g/mol. The van der Waals surface area contributed by atoms with Crippen LogP contribution >= 0.6 is 0 Å². The third kappa shape index (κ3) is 4.35. The van der Waals surface area contributed by atoms with Crippen LogP contribution in [-0.2, 0) is 0 Å². The molecule has 2 aromatic rings. The number of urea groups is 1. The van der Waals surface area contributed by atoms with Crippen molar-refractivity contribution < 1.29 is 13.9 Å². The number of hydrogen-bond donors (Lipinski definition) is 2. The van der Waals surface area contributed by atoms with E-state index in [1.165, 1.54) is 18.3 Å². The Morgan fingerprint density at radius 3 is 2.52 bits per heavy atom. The zero-order valence-electron chi connectivity index (χ0n) is 11.5. The maximum absolute atomic E-state index is 13.3. The van der Waals surface area contributed by atoms with Gasteiger partial charge in [-0.3, -0.25) is 0 Å². The van der Waals surface area contributed by atoms with Crippen molar-refractivity contribution in [3.8, 4) is 5.75 Å². The molecule has 0 aromatic heterocycles. The maximum atomic E-state index is 13.3. The van der Waals surface area contributed by atoms with Crippen LogP contribution in [0, 0.1) is 5.82 Å². The van der Waals surface area contributed by atoms with E-state index in [4.69, 9.17) is 4.74 Å². The molecule has 2 amide bonds. The third-order valence-electron chi connectivity index (χ3n) is 2.73. The van der Waals surface area contributed by atoms with Gasteiger partial charge in [0.15, 0.2) is 0 Å². The van der Waals surface area contributed by atoms with Crippen LogP contribution in [0.4, 0.5) is 14.9 Å². The number of amides is 2. The molecule has 0 aliphatic heterocycles. The lowest BCUT2D eigenvalue weighted by Crippen LogP contribution is -2.24. The van der Waals surface area contributed by atoms with Crippen molar-refractivity contribution in [3.63, 3.8) is 0 Å². The van der Waals surface area contributed by atoms with Crippen LogP contribution in [0.3, 0.4) is 0 Å². The van der Waals surface area contributed by atoms with E-state index >= 15 is 0 Å². The molecule has 5 heteroatoms. The molecule has 0 unspecified atom stereocenters. The van der Waals surface area contributed by atoms with E-state index in [9.17, 15) is 9.18 Å². The molecule has 0 aliphatic rings. The minimum Gasteiger partial charge on any atom is -0.497 e. The Morgan fingerprint density at radius 2 is 1.86 bits per heavy atom. The van der Waals surface area contributed by atoms with Gasteiger partial charge in [0.25, 0.3) is 0 Å². The molecule has 0 atom stereocenters. The van der Waals surface area contributed by atoms with Crippen LogP contribution in [0.5, 0.6) is 5.75 Å². The van der Waals surface area contributed by atoms with Crippen molar-refractivity contribution in [2.75, 3.05) is 12.4 Å². The predicted octanol–water partition coefficient (Wildman–Crippen LogP) is 3.63. The van der Waals surface area contributed by atoms with Gasteiger partial charge in [-0.25, -0.2) is 9.18 Å². The molecule has 0 bridgehead atoms. The van der Waals surface area contributed by atoms with Crippen LogP contribution < -0.4 is 15.4 Å². The molecule has 0 aliphatic carbocycles. The summed E-state index contributed by atoms with van der Waals surface area (Å²) in [5.74, 6) is 0.282. The number of carbonyl (C=O) groups excluding carboxylic acids is 1. The maximum Gasteiger partial charge on any atom is 0.323 e.